The average molecular weight is 413 g/mol. The molecule has 0 saturated heterocycles. The third-order valence-electron chi connectivity index (χ3n) is 5.30. The molecule has 0 radical (unpaired) electrons. The summed E-state index contributed by atoms with van der Waals surface area (Å²) in [6, 6.07) is 29.2. The Morgan fingerprint density at radius 1 is 0.871 bits per heavy atom. The van der Waals surface area contributed by atoms with E-state index >= 15 is 0 Å². The summed E-state index contributed by atoms with van der Waals surface area (Å²) in [7, 11) is 1.95. The Balaban J connectivity index is 1.78. The zero-order chi connectivity index (χ0) is 21.6. The average Bonchev–Trinajstić information content (AvgIpc) is 3.21. The molecule has 4 aromatic rings. The number of rotatable bonds is 6. The maximum atomic E-state index is 14.3. The van der Waals surface area contributed by atoms with Gasteiger partial charge in [-0.15, -0.1) is 0 Å². The number of aromatic nitrogens is 1. The van der Waals surface area contributed by atoms with Crippen molar-refractivity contribution < 1.29 is 9.18 Å². The molecule has 2 amide bonds. The van der Waals surface area contributed by atoms with Crippen LogP contribution in [0, 0.1) is 5.82 Å². The number of carbonyl (C=O) groups is 1. The first-order valence-electron chi connectivity index (χ1n) is 10.2. The van der Waals surface area contributed by atoms with E-state index in [2.05, 4.69) is 5.32 Å². The Morgan fingerprint density at radius 3 is 2.00 bits per heavy atom. The minimum absolute atomic E-state index is 0.157. The molecule has 0 unspecified atom stereocenters. The van der Waals surface area contributed by atoms with E-state index in [9.17, 15) is 9.18 Å². The lowest BCUT2D eigenvalue weighted by molar-refractivity contribution is 0.193. The van der Waals surface area contributed by atoms with Crippen molar-refractivity contribution in [2.75, 3.05) is 5.32 Å². The van der Waals surface area contributed by atoms with Gasteiger partial charge in [0.25, 0.3) is 0 Å². The molecule has 3 aromatic carbocycles. The lowest BCUT2D eigenvalue weighted by Gasteiger charge is -2.33. The maximum absolute atomic E-state index is 14.3. The molecule has 4 rings (SSSR count). The van der Waals surface area contributed by atoms with Crippen LogP contribution in [0.1, 0.15) is 22.9 Å². The van der Waals surface area contributed by atoms with Crippen LogP contribution in [0.2, 0.25) is 0 Å². The van der Waals surface area contributed by atoms with Crippen molar-refractivity contribution in [3.63, 3.8) is 0 Å². The third kappa shape index (κ3) is 4.67. The van der Waals surface area contributed by atoms with Crippen molar-refractivity contribution in [1.82, 2.24) is 9.47 Å². The highest BCUT2D eigenvalue weighted by molar-refractivity contribution is 5.90. The van der Waals surface area contributed by atoms with E-state index in [4.69, 9.17) is 0 Å². The van der Waals surface area contributed by atoms with Crippen molar-refractivity contribution >= 4 is 11.7 Å². The van der Waals surface area contributed by atoms with Gasteiger partial charge in [0.05, 0.1) is 18.3 Å². The summed E-state index contributed by atoms with van der Waals surface area (Å²) in [6.07, 6.45) is 1.95. The number of urea groups is 1. The van der Waals surface area contributed by atoms with Crippen LogP contribution < -0.4 is 5.32 Å². The van der Waals surface area contributed by atoms with Gasteiger partial charge < -0.3 is 14.8 Å². The van der Waals surface area contributed by atoms with Gasteiger partial charge in [0.2, 0.25) is 0 Å². The van der Waals surface area contributed by atoms with Crippen molar-refractivity contribution in [3.8, 4) is 0 Å². The van der Waals surface area contributed by atoms with E-state index in [1.165, 1.54) is 6.07 Å². The van der Waals surface area contributed by atoms with Crippen molar-refractivity contribution in [2.45, 2.75) is 12.6 Å². The summed E-state index contributed by atoms with van der Waals surface area (Å²) in [5.41, 5.74) is 3.09. The van der Waals surface area contributed by atoms with E-state index in [0.29, 0.717) is 6.54 Å². The molecule has 31 heavy (non-hydrogen) atoms. The second-order valence-electron chi connectivity index (χ2n) is 7.37. The molecule has 0 saturated carbocycles. The van der Waals surface area contributed by atoms with Gasteiger partial charge in [-0.3, -0.25) is 0 Å². The van der Waals surface area contributed by atoms with E-state index < -0.39 is 5.82 Å². The summed E-state index contributed by atoms with van der Waals surface area (Å²) in [4.78, 5) is 15.3. The number of hydrogen-bond donors (Lipinski definition) is 1. The van der Waals surface area contributed by atoms with Gasteiger partial charge in [-0.25, -0.2) is 9.18 Å². The first kappa shape index (κ1) is 20.4. The number of hydrogen-bond acceptors (Lipinski definition) is 1. The minimum atomic E-state index is -0.467. The van der Waals surface area contributed by atoms with Crippen molar-refractivity contribution in [3.05, 3.63) is 126 Å². The summed E-state index contributed by atoms with van der Waals surface area (Å²) < 4.78 is 16.2. The summed E-state index contributed by atoms with van der Waals surface area (Å²) >= 11 is 0. The van der Waals surface area contributed by atoms with Gasteiger partial charge in [0, 0.05) is 18.9 Å². The Hall–Kier alpha value is -3.86. The smallest absolute Gasteiger partial charge is 0.323 e. The van der Waals surface area contributed by atoms with Gasteiger partial charge in [-0.1, -0.05) is 72.8 Å². The van der Waals surface area contributed by atoms with Crippen molar-refractivity contribution in [1.29, 1.82) is 0 Å². The number of para-hydroxylation sites is 1. The van der Waals surface area contributed by atoms with Crippen LogP contribution >= 0.6 is 0 Å². The Kier molecular flexibility index (Phi) is 6.13. The van der Waals surface area contributed by atoms with Crippen molar-refractivity contribution in [2.24, 2.45) is 7.05 Å². The Bertz CT molecular complexity index is 1100. The molecule has 0 aliphatic rings. The first-order valence-corrected chi connectivity index (χ1v) is 10.2. The molecule has 1 N–H and O–H groups in total. The van der Waals surface area contributed by atoms with Gasteiger partial charge in [-0.05, 0) is 35.4 Å². The molecular formula is C26H24FN3O. The van der Waals surface area contributed by atoms with Crippen LogP contribution in [0.4, 0.5) is 14.9 Å². The maximum Gasteiger partial charge on any atom is 0.323 e. The van der Waals surface area contributed by atoms with E-state index in [-0.39, 0.29) is 17.8 Å². The number of nitrogens with zero attached hydrogens (tertiary/aromatic N) is 2. The largest absolute Gasteiger partial charge is 0.353 e. The van der Waals surface area contributed by atoms with Gasteiger partial charge in [0.1, 0.15) is 5.82 Å². The molecule has 0 fully saturated rings. The van der Waals surface area contributed by atoms with Crippen LogP contribution in [0.5, 0.6) is 0 Å². The number of benzene rings is 3. The molecule has 0 bridgehead atoms. The zero-order valence-electron chi connectivity index (χ0n) is 17.3. The van der Waals surface area contributed by atoms with Crippen LogP contribution in [0.15, 0.2) is 103 Å². The number of carbonyl (C=O) groups excluding carboxylic acids is 1. The second kappa shape index (κ2) is 9.30. The van der Waals surface area contributed by atoms with Gasteiger partial charge >= 0.3 is 6.03 Å². The first-order chi connectivity index (χ1) is 15.1. The fraction of sp³-hybridized carbons (Fsp3) is 0.115. The predicted octanol–water partition coefficient (Wildman–Crippen LogP) is 5.99. The number of aryl methyl sites for hydroxylation is 1. The topological polar surface area (TPSA) is 37.3 Å². The highest BCUT2D eigenvalue weighted by atomic mass is 19.1. The van der Waals surface area contributed by atoms with Crippen LogP contribution in [0.25, 0.3) is 0 Å². The van der Waals surface area contributed by atoms with Crippen LogP contribution in [-0.4, -0.2) is 15.5 Å². The van der Waals surface area contributed by atoms with E-state index in [0.717, 1.165) is 16.8 Å². The normalized spacial score (nSPS) is 10.8. The number of halogens is 1. The minimum Gasteiger partial charge on any atom is -0.353 e. The molecule has 156 valence electrons. The number of nitrogens with one attached hydrogen (secondary N) is 1. The molecule has 0 aliphatic heterocycles. The lowest BCUT2D eigenvalue weighted by atomic mass is 9.97. The standard InChI is InChI=1S/C26H24FN3O/c1-29-18-10-15-22(29)19-30(26(31)28-24-17-9-8-16-23(24)27)25(20-11-4-2-5-12-20)21-13-6-3-7-14-21/h2-18,25H,19H2,1H3,(H,28,31). The fourth-order valence-electron chi connectivity index (χ4n) is 3.69. The van der Waals surface area contributed by atoms with E-state index in [1.54, 1.807) is 23.1 Å². The van der Waals surface area contributed by atoms with Crippen LogP contribution in [-0.2, 0) is 13.6 Å². The Morgan fingerprint density at radius 2 is 1.45 bits per heavy atom. The third-order valence-corrected chi connectivity index (χ3v) is 5.30. The molecule has 5 heteroatoms. The van der Waals surface area contributed by atoms with Crippen LogP contribution in [0.3, 0.4) is 0 Å². The highest BCUT2D eigenvalue weighted by Crippen LogP contribution is 2.31. The zero-order valence-corrected chi connectivity index (χ0v) is 17.3. The monoisotopic (exact) mass is 413 g/mol. The summed E-state index contributed by atoms with van der Waals surface area (Å²) in [5.74, 6) is -0.467. The SMILES string of the molecule is Cn1cccc1CN(C(=O)Nc1ccccc1F)C(c1ccccc1)c1ccccc1. The van der Waals surface area contributed by atoms with Gasteiger partial charge in [0.15, 0.2) is 0 Å². The Labute approximate surface area is 181 Å². The number of anilines is 1. The molecule has 1 heterocycles. The lowest BCUT2D eigenvalue weighted by Crippen LogP contribution is -2.39. The molecular weight excluding hydrogens is 389 g/mol. The predicted molar refractivity (Wildman–Crippen MR) is 121 cm³/mol. The summed E-state index contributed by atoms with van der Waals surface area (Å²) in [5, 5.41) is 2.76. The van der Waals surface area contributed by atoms with Gasteiger partial charge in [-0.2, -0.15) is 0 Å². The number of amides is 2. The quantitative estimate of drug-likeness (QED) is 0.414. The molecule has 4 nitrogen and oxygen atoms in total. The molecule has 1 aromatic heterocycles. The molecule has 0 aliphatic carbocycles. The highest BCUT2D eigenvalue weighted by Gasteiger charge is 2.28. The molecule has 0 atom stereocenters. The molecule has 0 spiro atoms. The second-order valence-corrected chi connectivity index (χ2v) is 7.37. The fourth-order valence-corrected chi connectivity index (χ4v) is 3.69. The summed E-state index contributed by atoms with van der Waals surface area (Å²) in [6.45, 7) is 0.359. The van der Waals surface area contributed by atoms with E-state index in [1.807, 2.05) is 90.6 Å².